The third kappa shape index (κ3) is 5.78. The molecule has 12 nitrogen and oxygen atoms in total. The van der Waals surface area contributed by atoms with Crippen molar-refractivity contribution in [3.8, 4) is 0 Å². The third-order valence-corrected chi connectivity index (χ3v) is 6.35. The molecule has 0 aliphatic heterocycles. The Bertz CT molecular complexity index is 551. The van der Waals surface area contributed by atoms with Gasteiger partial charge in [0, 0.05) is 0 Å². The zero-order chi connectivity index (χ0) is 20.1. The summed E-state index contributed by atoms with van der Waals surface area (Å²) >= 11 is 0. The first kappa shape index (κ1) is 24.6. The first-order valence-corrected chi connectivity index (χ1v) is 9.99. The van der Waals surface area contributed by atoms with E-state index in [0.717, 1.165) is 0 Å². The zero-order valence-electron chi connectivity index (χ0n) is 13.1. The van der Waals surface area contributed by atoms with Gasteiger partial charge in [0.2, 0.25) is 0 Å². The Morgan fingerprint density at radius 3 is 1.04 bits per heavy atom. The van der Waals surface area contributed by atoms with E-state index >= 15 is 0 Å². The van der Waals surface area contributed by atoms with Crippen molar-refractivity contribution in [2.45, 2.75) is 30.1 Å². The number of aliphatic hydroxyl groups is 6. The lowest BCUT2D eigenvalue weighted by molar-refractivity contribution is -0.0448. The molecule has 14 heteroatoms. The van der Waals surface area contributed by atoms with Gasteiger partial charge in [0.05, 0.1) is 37.3 Å². The Morgan fingerprint density at radius 2 is 0.880 bits per heavy atom. The summed E-state index contributed by atoms with van der Waals surface area (Å²) in [6.45, 7) is -4.29. The van der Waals surface area contributed by atoms with Crippen LogP contribution >= 0.6 is 0 Å². The Kier molecular flexibility index (Phi) is 8.83. The van der Waals surface area contributed by atoms with Gasteiger partial charge in [-0.1, -0.05) is 6.42 Å². The third-order valence-electron chi connectivity index (χ3n) is 4.22. The first-order valence-electron chi connectivity index (χ1n) is 6.98. The molecule has 0 fully saturated rings. The fourth-order valence-electron chi connectivity index (χ4n) is 2.40. The second-order valence-electron chi connectivity index (χ2n) is 5.95. The molecule has 0 heterocycles. The monoisotopic (exact) mass is 412 g/mol. The van der Waals surface area contributed by atoms with Gasteiger partial charge in [-0.2, -0.15) is 16.8 Å². The van der Waals surface area contributed by atoms with E-state index < -0.39 is 81.2 Å². The number of hydrogen-bond acceptors (Lipinski definition) is 10. The Labute approximate surface area is 144 Å². The lowest BCUT2D eigenvalue weighted by Crippen LogP contribution is -2.48. The second-order valence-corrected chi connectivity index (χ2v) is 8.90. The second kappa shape index (κ2) is 8.98. The molecule has 0 aliphatic rings. The van der Waals surface area contributed by atoms with E-state index in [1.165, 1.54) is 0 Å². The standard InChI is InChI=1S/C11H24O12S2/c12-4-10(5-13,8(16)24(18,19)20)2-1-3-11(6-14,7-15)9(17)25(21,22)23/h8-9,12-17H,1-7H2,(H,18,19,20)(H,21,22,23). The van der Waals surface area contributed by atoms with Gasteiger partial charge in [-0.15, -0.1) is 0 Å². The molecule has 0 saturated heterocycles. The van der Waals surface area contributed by atoms with E-state index in [4.69, 9.17) is 9.11 Å². The van der Waals surface area contributed by atoms with Crippen LogP contribution in [0.1, 0.15) is 19.3 Å². The van der Waals surface area contributed by atoms with Gasteiger partial charge in [0.15, 0.2) is 10.9 Å². The highest BCUT2D eigenvalue weighted by Gasteiger charge is 2.47. The molecule has 152 valence electrons. The maximum absolute atomic E-state index is 11.1. The van der Waals surface area contributed by atoms with E-state index in [1.54, 1.807) is 0 Å². The molecule has 0 saturated carbocycles. The van der Waals surface area contributed by atoms with E-state index in [1.807, 2.05) is 0 Å². The first-order chi connectivity index (χ1) is 11.3. The molecule has 0 aromatic heterocycles. The van der Waals surface area contributed by atoms with Crippen molar-refractivity contribution < 1.29 is 56.6 Å². The van der Waals surface area contributed by atoms with E-state index in [9.17, 15) is 47.5 Å². The molecule has 2 unspecified atom stereocenters. The number of aliphatic hydroxyl groups excluding tert-OH is 6. The van der Waals surface area contributed by atoms with E-state index in [0.29, 0.717) is 0 Å². The summed E-state index contributed by atoms with van der Waals surface area (Å²) in [6, 6.07) is 0. The van der Waals surface area contributed by atoms with Crippen LogP contribution in [0.3, 0.4) is 0 Å². The average molecular weight is 412 g/mol. The van der Waals surface area contributed by atoms with Crippen LogP contribution in [0.25, 0.3) is 0 Å². The fourth-order valence-corrected chi connectivity index (χ4v) is 4.20. The zero-order valence-corrected chi connectivity index (χ0v) is 14.8. The quantitative estimate of drug-likeness (QED) is 0.146. The number of rotatable bonds is 12. The summed E-state index contributed by atoms with van der Waals surface area (Å²) in [5.74, 6) is 0. The Morgan fingerprint density at radius 1 is 0.640 bits per heavy atom. The van der Waals surface area contributed by atoms with Crippen LogP contribution in [-0.2, 0) is 20.2 Å². The van der Waals surface area contributed by atoms with Gasteiger partial charge in [0.25, 0.3) is 20.2 Å². The lowest BCUT2D eigenvalue weighted by atomic mass is 9.79. The maximum atomic E-state index is 11.1. The molecule has 2 atom stereocenters. The molecule has 25 heavy (non-hydrogen) atoms. The highest BCUT2D eigenvalue weighted by molar-refractivity contribution is 7.86. The van der Waals surface area contributed by atoms with Crippen LogP contribution in [0.5, 0.6) is 0 Å². The topological polar surface area (TPSA) is 230 Å². The predicted molar refractivity (Wildman–Crippen MR) is 82.2 cm³/mol. The molecule has 0 bridgehead atoms. The van der Waals surface area contributed by atoms with Crippen LogP contribution in [0, 0.1) is 10.8 Å². The normalized spacial score (nSPS) is 16.6. The SMILES string of the molecule is O=S(=O)(O)C(O)C(CO)(CO)CCCC(CO)(CO)C(O)S(=O)(=O)O. The van der Waals surface area contributed by atoms with Gasteiger partial charge >= 0.3 is 0 Å². The molecule has 0 rings (SSSR count). The molecule has 8 N–H and O–H groups in total. The van der Waals surface area contributed by atoms with E-state index in [-0.39, 0.29) is 6.42 Å². The minimum Gasteiger partial charge on any atom is -0.396 e. The molecule has 0 amide bonds. The van der Waals surface area contributed by atoms with Crippen molar-refractivity contribution in [2.24, 2.45) is 10.8 Å². The summed E-state index contributed by atoms with van der Waals surface area (Å²) in [4.78, 5) is 0. The fraction of sp³-hybridized carbons (Fsp3) is 1.00. The Hall–Kier alpha value is -0.420. The maximum Gasteiger partial charge on any atom is 0.292 e. The van der Waals surface area contributed by atoms with Crippen molar-refractivity contribution >= 4 is 20.2 Å². The molecule has 0 aliphatic carbocycles. The van der Waals surface area contributed by atoms with E-state index in [2.05, 4.69) is 0 Å². The average Bonchev–Trinajstić information content (AvgIpc) is 2.53. The van der Waals surface area contributed by atoms with Gasteiger partial charge < -0.3 is 30.6 Å². The minimum absolute atomic E-state index is 0.318. The molecule has 0 aromatic rings. The van der Waals surface area contributed by atoms with Crippen molar-refractivity contribution in [3.63, 3.8) is 0 Å². The van der Waals surface area contributed by atoms with Crippen LogP contribution in [0.4, 0.5) is 0 Å². The van der Waals surface area contributed by atoms with Crippen molar-refractivity contribution in [2.75, 3.05) is 26.4 Å². The highest BCUT2D eigenvalue weighted by Crippen LogP contribution is 2.36. The summed E-state index contributed by atoms with van der Waals surface area (Å²) in [6.07, 6.45) is -1.32. The summed E-state index contributed by atoms with van der Waals surface area (Å²) in [5.41, 5.74) is -9.35. The van der Waals surface area contributed by atoms with Crippen LogP contribution in [-0.4, -0.2) is 93.9 Å². The largest absolute Gasteiger partial charge is 0.396 e. The summed E-state index contributed by atoms with van der Waals surface area (Å²) in [5, 5.41) is 56.5. The van der Waals surface area contributed by atoms with Crippen LogP contribution in [0.15, 0.2) is 0 Å². The summed E-state index contributed by atoms with van der Waals surface area (Å²) < 4.78 is 62.0. The van der Waals surface area contributed by atoms with Crippen molar-refractivity contribution in [1.82, 2.24) is 0 Å². The van der Waals surface area contributed by atoms with Crippen molar-refractivity contribution in [3.05, 3.63) is 0 Å². The minimum atomic E-state index is -5.05. The highest BCUT2D eigenvalue weighted by atomic mass is 32.2. The van der Waals surface area contributed by atoms with Gasteiger partial charge in [-0.25, -0.2) is 0 Å². The lowest BCUT2D eigenvalue weighted by Gasteiger charge is -2.36. The van der Waals surface area contributed by atoms with Crippen LogP contribution in [0.2, 0.25) is 0 Å². The predicted octanol–water partition coefficient (Wildman–Crippen LogP) is -3.49. The molecule has 0 aromatic carbocycles. The molecule has 0 spiro atoms. The van der Waals surface area contributed by atoms with Gasteiger partial charge in [-0.3, -0.25) is 9.11 Å². The van der Waals surface area contributed by atoms with Gasteiger partial charge in [-0.05, 0) is 12.8 Å². The molecular weight excluding hydrogens is 388 g/mol. The Balaban J connectivity index is 5.43. The molecule has 0 radical (unpaired) electrons. The summed E-state index contributed by atoms with van der Waals surface area (Å²) in [7, 11) is -10.1. The smallest absolute Gasteiger partial charge is 0.292 e. The van der Waals surface area contributed by atoms with Crippen molar-refractivity contribution in [1.29, 1.82) is 0 Å². The van der Waals surface area contributed by atoms with Gasteiger partial charge in [0.1, 0.15) is 0 Å². The molecular formula is C11H24O12S2. The van der Waals surface area contributed by atoms with Crippen LogP contribution < -0.4 is 0 Å². The number of hydrogen-bond donors (Lipinski definition) is 8.